The zero-order valence-corrected chi connectivity index (χ0v) is 9.81. The summed E-state index contributed by atoms with van der Waals surface area (Å²) in [5.41, 5.74) is -0.833. The Morgan fingerprint density at radius 3 is 2.89 bits per heavy atom. The predicted molar refractivity (Wildman–Crippen MR) is 60.9 cm³/mol. The Kier molecular flexibility index (Phi) is 3.61. The Hall–Kier alpha value is -1.83. The van der Waals surface area contributed by atoms with Gasteiger partial charge in [-0.15, -0.1) is 0 Å². The molecule has 0 amide bonds. The van der Waals surface area contributed by atoms with E-state index in [1.807, 2.05) is 0 Å². The number of carboxylic acids is 1. The average Bonchev–Trinajstić information content (AvgIpc) is 2.38. The van der Waals surface area contributed by atoms with Crippen molar-refractivity contribution in [3.05, 3.63) is 23.9 Å². The normalized spacial score (nSPS) is 20.4. The molecular formula is C11H12F3N3O2. The van der Waals surface area contributed by atoms with Gasteiger partial charge in [-0.1, -0.05) is 0 Å². The number of aromatic nitrogens is 1. The molecule has 0 aliphatic carbocycles. The lowest BCUT2D eigenvalue weighted by molar-refractivity contribution is -0.138. The summed E-state index contributed by atoms with van der Waals surface area (Å²) < 4.78 is 37.8. The first-order valence-corrected chi connectivity index (χ1v) is 5.63. The number of aliphatic carboxylic acids is 1. The molecule has 104 valence electrons. The summed E-state index contributed by atoms with van der Waals surface area (Å²) in [6.45, 7) is 0.972. The van der Waals surface area contributed by atoms with Crippen molar-refractivity contribution in [2.75, 3.05) is 24.5 Å². The second kappa shape index (κ2) is 5.04. The molecule has 1 aliphatic rings. The van der Waals surface area contributed by atoms with Gasteiger partial charge in [-0.2, -0.15) is 13.2 Å². The van der Waals surface area contributed by atoms with Gasteiger partial charge in [0.15, 0.2) is 0 Å². The minimum absolute atomic E-state index is 0.0312. The summed E-state index contributed by atoms with van der Waals surface area (Å²) >= 11 is 0. The standard InChI is InChI=1S/C11H12F3N3O2/c12-11(13,14)7-1-2-16-9(5-7)17-4-3-15-6-8(17)10(18)19/h1-2,5,8,15H,3-4,6H2,(H,18,19). The van der Waals surface area contributed by atoms with Gasteiger partial charge < -0.3 is 15.3 Å². The van der Waals surface area contributed by atoms with Crippen LogP contribution in [0.5, 0.6) is 0 Å². The van der Waals surface area contributed by atoms with Crippen molar-refractivity contribution in [2.45, 2.75) is 12.2 Å². The maximum Gasteiger partial charge on any atom is 0.416 e. The van der Waals surface area contributed by atoms with E-state index < -0.39 is 23.8 Å². The number of carbonyl (C=O) groups is 1. The molecule has 0 spiro atoms. The van der Waals surface area contributed by atoms with Crippen molar-refractivity contribution in [2.24, 2.45) is 0 Å². The van der Waals surface area contributed by atoms with E-state index >= 15 is 0 Å². The van der Waals surface area contributed by atoms with Gasteiger partial charge in [-0.3, -0.25) is 0 Å². The number of alkyl halides is 3. The van der Waals surface area contributed by atoms with Crippen molar-refractivity contribution in [3.8, 4) is 0 Å². The van der Waals surface area contributed by atoms with E-state index in [-0.39, 0.29) is 12.4 Å². The molecule has 8 heteroatoms. The summed E-state index contributed by atoms with van der Waals surface area (Å²) in [7, 11) is 0. The number of nitrogens with one attached hydrogen (secondary N) is 1. The molecule has 2 N–H and O–H groups in total. The first-order valence-electron chi connectivity index (χ1n) is 5.63. The van der Waals surface area contributed by atoms with Crippen LogP contribution in [0.2, 0.25) is 0 Å². The molecule has 1 unspecified atom stereocenters. The van der Waals surface area contributed by atoms with Crippen LogP contribution in [0.15, 0.2) is 18.3 Å². The van der Waals surface area contributed by atoms with Gasteiger partial charge in [-0.25, -0.2) is 9.78 Å². The van der Waals surface area contributed by atoms with Gasteiger partial charge >= 0.3 is 12.1 Å². The van der Waals surface area contributed by atoms with Gasteiger partial charge in [0.2, 0.25) is 0 Å². The highest BCUT2D eigenvalue weighted by molar-refractivity contribution is 5.78. The summed E-state index contributed by atoms with van der Waals surface area (Å²) in [5.74, 6) is -1.06. The van der Waals surface area contributed by atoms with Crippen LogP contribution >= 0.6 is 0 Å². The van der Waals surface area contributed by atoms with E-state index in [4.69, 9.17) is 5.11 Å². The van der Waals surface area contributed by atoms with Crippen LogP contribution < -0.4 is 10.2 Å². The highest BCUT2D eigenvalue weighted by atomic mass is 19.4. The van der Waals surface area contributed by atoms with Gasteiger partial charge in [0, 0.05) is 25.8 Å². The molecule has 2 heterocycles. The third-order valence-electron chi connectivity index (χ3n) is 2.90. The van der Waals surface area contributed by atoms with E-state index in [0.29, 0.717) is 13.1 Å². The maximum absolute atomic E-state index is 12.6. The molecular weight excluding hydrogens is 263 g/mol. The second-order valence-electron chi connectivity index (χ2n) is 4.15. The van der Waals surface area contributed by atoms with Gasteiger partial charge in [0.1, 0.15) is 11.9 Å². The topological polar surface area (TPSA) is 65.5 Å². The Morgan fingerprint density at radius 1 is 1.53 bits per heavy atom. The number of piperazine rings is 1. The molecule has 19 heavy (non-hydrogen) atoms. The third kappa shape index (κ3) is 2.95. The molecule has 5 nitrogen and oxygen atoms in total. The SMILES string of the molecule is O=C(O)C1CNCCN1c1cc(C(F)(F)F)ccn1. The highest BCUT2D eigenvalue weighted by Crippen LogP contribution is 2.31. The number of halogens is 3. The Balaban J connectivity index is 2.32. The Morgan fingerprint density at radius 2 is 2.26 bits per heavy atom. The van der Waals surface area contributed by atoms with Crippen molar-refractivity contribution >= 4 is 11.8 Å². The molecule has 1 atom stereocenters. The Bertz CT molecular complexity index is 478. The van der Waals surface area contributed by atoms with E-state index in [0.717, 1.165) is 18.3 Å². The molecule has 1 aromatic heterocycles. The average molecular weight is 275 g/mol. The van der Waals surface area contributed by atoms with Gasteiger partial charge in [0.25, 0.3) is 0 Å². The highest BCUT2D eigenvalue weighted by Gasteiger charge is 2.33. The first-order chi connectivity index (χ1) is 8.89. The van der Waals surface area contributed by atoms with Crippen LogP contribution in [0.25, 0.3) is 0 Å². The van der Waals surface area contributed by atoms with E-state index in [2.05, 4.69) is 10.3 Å². The van der Waals surface area contributed by atoms with Crippen LogP contribution in [0.3, 0.4) is 0 Å². The number of hydrogen-bond donors (Lipinski definition) is 2. The monoisotopic (exact) mass is 275 g/mol. The summed E-state index contributed by atoms with van der Waals surface area (Å²) in [5, 5.41) is 12.0. The first kappa shape index (κ1) is 13.6. The molecule has 0 radical (unpaired) electrons. The smallest absolute Gasteiger partial charge is 0.416 e. The zero-order chi connectivity index (χ0) is 14.0. The van der Waals surface area contributed by atoms with Crippen molar-refractivity contribution in [3.63, 3.8) is 0 Å². The number of nitrogens with zero attached hydrogens (tertiary/aromatic N) is 2. The third-order valence-corrected chi connectivity index (χ3v) is 2.90. The minimum Gasteiger partial charge on any atom is -0.480 e. The van der Waals surface area contributed by atoms with Crippen LogP contribution in [-0.4, -0.2) is 41.7 Å². The van der Waals surface area contributed by atoms with Gasteiger partial charge in [-0.05, 0) is 12.1 Å². The molecule has 1 fully saturated rings. The quantitative estimate of drug-likeness (QED) is 0.841. The lowest BCUT2D eigenvalue weighted by atomic mass is 10.1. The number of pyridine rings is 1. The molecule has 0 aromatic carbocycles. The van der Waals surface area contributed by atoms with Crippen molar-refractivity contribution in [1.29, 1.82) is 0 Å². The van der Waals surface area contributed by atoms with E-state index in [1.165, 1.54) is 4.90 Å². The molecule has 0 saturated carbocycles. The van der Waals surface area contributed by atoms with E-state index in [9.17, 15) is 18.0 Å². The molecule has 2 rings (SSSR count). The number of carboxylic acid groups (broad SMARTS) is 1. The van der Waals surface area contributed by atoms with Crippen LogP contribution in [0.4, 0.5) is 19.0 Å². The maximum atomic E-state index is 12.6. The zero-order valence-electron chi connectivity index (χ0n) is 9.81. The van der Waals surface area contributed by atoms with E-state index in [1.54, 1.807) is 0 Å². The van der Waals surface area contributed by atoms with Gasteiger partial charge in [0.05, 0.1) is 5.56 Å². The minimum atomic E-state index is -4.47. The predicted octanol–water partition coefficient (Wildman–Crippen LogP) is 0.963. The summed E-state index contributed by atoms with van der Waals surface area (Å²) in [6, 6.07) is 0.827. The number of hydrogen-bond acceptors (Lipinski definition) is 4. The largest absolute Gasteiger partial charge is 0.480 e. The molecule has 1 saturated heterocycles. The number of rotatable bonds is 2. The summed E-state index contributed by atoms with van der Waals surface area (Å²) in [4.78, 5) is 16.3. The fourth-order valence-electron chi connectivity index (χ4n) is 1.95. The van der Waals surface area contributed by atoms with Crippen LogP contribution in [-0.2, 0) is 11.0 Å². The molecule has 1 aliphatic heterocycles. The Labute approximate surface area is 107 Å². The summed E-state index contributed by atoms with van der Waals surface area (Å²) in [6.07, 6.45) is -3.43. The second-order valence-corrected chi connectivity index (χ2v) is 4.15. The molecule has 1 aromatic rings. The molecule has 0 bridgehead atoms. The van der Waals surface area contributed by atoms with Crippen molar-refractivity contribution < 1.29 is 23.1 Å². The van der Waals surface area contributed by atoms with Crippen molar-refractivity contribution in [1.82, 2.24) is 10.3 Å². The number of anilines is 1. The lowest BCUT2D eigenvalue weighted by Crippen LogP contribution is -2.55. The fourth-order valence-corrected chi connectivity index (χ4v) is 1.95. The fraction of sp³-hybridized carbons (Fsp3) is 0.455. The van der Waals surface area contributed by atoms with Crippen LogP contribution in [0, 0.1) is 0 Å². The lowest BCUT2D eigenvalue weighted by Gasteiger charge is -2.34. The van der Waals surface area contributed by atoms with Crippen LogP contribution in [0.1, 0.15) is 5.56 Å².